The molecule has 0 aromatic carbocycles. The van der Waals surface area contributed by atoms with E-state index >= 15 is 0 Å². The quantitative estimate of drug-likeness (QED) is 0.836. The lowest BCUT2D eigenvalue weighted by molar-refractivity contribution is -0.138. The predicted octanol–water partition coefficient (Wildman–Crippen LogP) is 0.884. The number of hydrogen-bond donors (Lipinski definition) is 1. The molecule has 2 aliphatic rings. The van der Waals surface area contributed by atoms with E-state index in [4.69, 9.17) is 9.47 Å². The minimum Gasteiger partial charge on any atom is -0.377 e. The van der Waals surface area contributed by atoms with E-state index in [1.807, 2.05) is 7.05 Å². The zero-order valence-corrected chi connectivity index (χ0v) is 13.1. The Hall–Kier alpha value is -0.650. The van der Waals surface area contributed by atoms with Crippen LogP contribution in [-0.4, -0.2) is 62.9 Å². The molecule has 0 aromatic heterocycles. The number of carbonyl (C=O) groups is 1. The largest absolute Gasteiger partial charge is 0.377 e. The normalized spacial score (nSPS) is 32.3. The summed E-state index contributed by atoms with van der Waals surface area (Å²) in [5.41, 5.74) is 0.119. The summed E-state index contributed by atoms with van der Waals surface area (Å²) in [7, 11) is 2.02. The lowest BCUT2D eigenvalue weighted by atomic mass is 9.81. The molecule has 2 heterocycles. The van der Waals surface area contributed by atoms with Gasteiger partial charge in [-0.1, -0.05) is 20.8 Å². The molecule has 5 heteroatoms. The minimum atomic E-state index is -0.329. The SMILES string of the molecule is CN1CCO[C@@H](C(=O)NC[C@H]2CCO[C@@H]2C(C)(C)C)C1. The Labute approximate surface area is 122 Å². The van der Waals surface area contributed by atoms with Gasteiger partial charge in [0.1, 0.15) is 6.10 Å². The van der Waals surface area contributed by atoms with Gasteiger partial charge in [-0.05, 0) is 18.9 Å². The Morgan fingerprint density at radius 3 is 2.70 bits per heavy atom. The molecule has 116 valence electrons. The van der Waals surface area contributed by atoms with Gasteiger partial charge in [0.15, 0.2) is 0 Å². The van der Waals surface area contributed by atoms with Crippen LogP contribution in [0.2, 0.25) is 0 Å². The Bertz CT molecular complexity index is 341. The summed E-state index contributed by atoms with van der Waals surface area (Å²) >= 11 is 0. The summed E-state index contributed by atoms with van der Waals surface area (Å²) in [6.45, 7) is 10.3. The van der Waals surface area contributed by atoms with Crippen LogP contribution in [0.4, 0.5) is 0 Å². The third-order valence-electron chi connectivity index (χ3n) is 4.17. The van der Waals surface area contributed by atoms with Crippen molar-refractivity contribution in [3.05, 3.63) is 0 Å². The molecule has 0 saturated carbocycles. The molecule has 3 atom stereocenters. The van der Waals surface area contributed by atoms with Crippen molar-refractivity contribution in [2.45, 2.75) is 39.4 Å². The monoisotopic (exact) mass is 284 g/mol. The maximum atomic E-state index is 12.2. The van der Waals surface area contributed by atoms with Gasteiger partial charge in [-0.3, -0.25) is 4.79 Å². The lowest BCUT2D eigenvalue weighted by Gasteiger charge is -2.32. The molecule has 0 unspecified atom stereocenters. The van der Waals surface area contributed by atoms with E-state index in [9.17, 15) is 4.79 Å². The number of morpholine rings is 1. The molecular weight excluding hydrogens is 256 g/mol. The van der Waals surface area contributed by atoms with Gasteiger partial charge < -0.3 is 19.7 Å². The van der Waals surface area contributed by atoms with Gasteiger partial charge in [0.25, 0.3) is 0 Å². The van der Waals surface area contributed by atoms with Gasteiger partial charge in [-0.2, -0.15) is 0 Å². The fourth-order valence-electron chi connectivity index (χ4n) is 3.08. The third-order valence-corrected chi connectivity index (χ3v) is 4.17. The molecule has 0 bridgehead atoms. The molecule has 2 saturated heterocycles. The fourth-order valence-corrected chi connectivity index (χ4v) is 3.08. The predicted molar refractivity (Wildman–Crippen MR) is 77.5 cm³/mol. The van der Waals surface area contributed by atoms with Crippen molar-refractivity contribution in [2.75, 3.05) is 39.9 Å². The molecule has 0 radical (unpaired) electrons. The maximum Gasteiger partial charge on any atom is 0.250 e. The molecule has 1 N–H and O–H groups in total. The highest BCUT2D eigenvalue weighted by Crippen LogP contribution is 2.34. The van der Waals surface area contributed by atoms with Crippen LogP contribution >= 0.6 is 0 Å². The van der Waals surface area contributed by atoms with Crippen molar-refractivity contribution in [3.8, 4) is 0 Å². The van der Waals surface area contributed by atoms with Crippen LogP contribution in [0.1, 0.15) is 27.2 Å². The molecule has 0 spiro atoms. The summed E-state index contributed by atoms with van der Waals surface area (Å²) in [6, 6.07) is 0. The lowest BCUT2D eigenvalue weighted by Crippen LogP contribution is -2.50. The van der Waals surface area contributed by atoms with E-state index in [1.165, 1.54) is 0 Å². The number of carbonyl (C=O) groups excluding carboxylic acids is 1. The van der Waals surface area contributed by atoms with Gasteiger partial charge in [-0.25, -0.2) is 0 Å². The Morgan fingerprint density at radius 2 is 2.05 bits per heavy atom. The van der Waals surface area contributed by atoms with Gasteiger partial charge in [-0.15, -0.1) is 0 Å². The molecule has 2 aliphatic heterocycles. The molecule has 2 rings (SSSR count). The molecule has 20 heavy (non-hydrogen) atoms. The first-order chi connectivity index (χ1) is 9.38. The van der Waals surface area contributed by atoms with Crippen molar-refractivity contribution in [3.63, 3.8) is 0 Å². The first-order valence-corrected chi connectivity index (χ1v) is 7.57. The summed E-state index contributed by atoms with van der Waals surface area (Å²) in [6.07, 6.45) is 0.912. The number of nitrogens with zero attached hydrogens (tertiary/aromatic N) is 1. The zero-order valence-electron chi connectivity index (χ0n) is 13.1. The average Bonchev–Trinajstić information content (AvgIpc) is 2.84. The molecule has 2 fully saturated rings. The maximum absolute atomic E-state index is 12.2. The second-order valence-electron chi connectivity index (χ2n) is 7.07. The highest BCUT2D eigenvalue weighted by atomic mass is 16.5. The second kappa shape index (κ2) is 6.41. The number of hydrogen-bond acceptors (Lipinski definition) is 4. The van der Waals surface area contributed by atoms with E-state index in [1.54, 1.807) is 0 Å². The van der Waals surface area contributed by atoms with Crippen LogP contribution in [0.5, 0.6) is 0 Å². The number of ether oxygens (including phenoxy) is 2. The van der Waals surface area contributed by atoms with Crippen LogP contribution < -0.4 is 5.32 Å². The van der Waals surface area contributed by atoms with E-state index in [2.05, 4.69) is 31.0 Å². The first-order valence-electron chi connectivity index (χ1n) is 7.57. The third kappa shape index (κ3) is 3.93. The standard InChI is InChI=1S/C15H28N2O3/c1-15(2,3)13-11(5-7-20-13)9-16-14(18)12-10-17(4)6-8-19-12/h11-13H,5-10H2,1-4H3,(H,16,18)/t11-,12-,13+/m1/s1. The van der Waals surface area contributed by atoms with Crippen molar-refractivity contribution in [2.24, 2.45) is 11.3 Å². The van der Waals surface area contributed by atoms with Crippen molar-refractivity contribution in [1.29, 1.82) is 0 Å². The van der Waals surface area contributed by atoms with E-state index in [-0.39, 0.29) is 23.5 Å². The van der Waals surface area contributed by atoms with E-state index < -0.39 is 0 Å². The van der Waals surface area contributed by atoms with Crippen LogP contribution in [0.3, 0.4) is 0 Å². The summed E-state index contributed by atoms with van der Waals surface area (Å²) in [5, 5.41) is 3.05. The Kier molecular flexibility index (Phi) is 5.04. The molecular formula is C15H28N2O3. The van der Waals surface area contributed by atoms with Gasteiger partial charge in [0.2, 0.25) is 5.91 Å². The van der Waals surface area contributed by atoms with E-state index in [0.717, 1.165) is 19.6 Å². The van der Waals surface area contributed by atoms with Gasteiger partial charge in [0, 0.05) is 32.2 Å². The second-order valence-corrected chi connectivity index (χ2v) is 7.07. The van der Waals surface area contributed by atoms with E-state index in [0.29, 0.717) is 25.6 Å². The van der Waals surface area contributed by atoms with Crippen molar-refractivity contribution >= 4 is 5.91 Å². The number of amides is 1. The molecule has 5 nitrogen and oxygen atoms in total. The van der Waals surface area contributed by atoms with Crippen LogP contribution in [0.15, 0.2) is 0 Å². The molecule has 0 aliphatic carbocycles. The van der Waals surface area contributed by atoms with Crippen molar-refractivity contribution in [1.82, 2.24) is 10.2 Å². The summed E-state index contributed by atoms with van der Waals surface area (Å²) < 4.78 is 11.4. The van der Waals surface area contributed by atoms with Crippen LogP contribution in [0.25, 0.3) is 0 Å². The summed E-state index contributed by atoms with van der Waals surface area (Å²) in [4.78, 5) is 14.3. The minimum absolute atomic E-state index is 0.0103. The van der Waals surface area contributed by atoms with Gasteiger partial charge in [0.05, 0.1) is 12.7 Å². The number of rotatable bonds is 3. The number of nitrogens with one attached hydrogen (secondary N) is 1. The zero-order chi connectivity index (χ0) is 14.8. The smallest absolute Gasteiger partial charge is 0.250 e. The van der Waals surface area contributed by atoms with Crippen LogP contribution in [-0.2, 0) is 14.3 Å². The first kappa shape index (κ1) is 15.7. The van der Waals surface area contributed by atoms with Gasteiger partial charge >= 0.3 is 0 Å². The molecule has 0 aromatic rings. The Morgan fingerprint density at radius 1 is 1.30 bits per heavy atom. The fraction of sp³-hybridized carbons (Fsp3) is 0.933. The highest BCUT2D eigenvalue weighted by Gasteiger charge is 2.37. The average molecular weight is 284 g/mol. The number of likely N-dealkylation sites (N-methyl/N-ethyl adjacent to an activating group) is 1. The van der Waals surface area contributed by atoms with Crippen molar-refractivity contribution < 1.29 is 14.3 Å². The molecule has 1 amide bonds. The Balaban J connectivity index is 1.81. The summed E-state index contributed by atoms with van der Waals surface area (Å²) in [5.74, 6) is 0.413. The van der Waals surface area contributed by atoms with Crippen LogP contribution in [0, 0.1) is 11.3 Å². The topological polar surface area (TPSA) is 50.8 Å². The highest BCUT2D eigenvalue weighted by molar-refractivity contribution is 5.81.